The van der Waals surface area contributed by atoms with Crippen LogP contribution in [0.4, 0.5) is 11.4 Å². The molecule has 37 heavy (non-hydrogen) atoms. The van der Waals surface area contributed by atoms with Gasteiger partial charge in [0.05, 0.1) is 35.0 Å². The second-order valence-electron chi connectivity index (χ2n) is 8.37. The number of sulfonamides is 1. The number of aromatic nitrogens is 2. The van der Waals surface area contributed by atoms with E-state index in [1.807, 2.05) is 18.2 Å². The first-order valence-corrected chi connectivity index (χ1v) is 12.9. The molecular weight excluding hydrogens is 496 g/mol. The molecule has 2 aromatic heterocycles. The summed E-state index contributed by atoms with van der Waals surface area (Å²) >= 11 is 0. The van der Waals surface area contributed by atoms with Gasteiger partial charge in [-0.1, -0.05) is 18.2 Å². The zero-order valence-electron chi connectivity index (χ0n) is 19.7. The number of fused-ring (bicyclic) bond motifs is 3. The van der Waals surface area contributed by atoms with E-state index in [1.165, 1.54) is 29.9 Å². The molecule has 11 heteroatoms. The maximum Gasteiger partial charge on any atom is 0.313 e. The highest BCUT2D eigenvalue weighted by atomic mass is 32.2. The summed E-state index contributed by atoms with van der Waals surface area (Å²) in [6, 6.07) is 19.9. The van der Waals surface area contributed by atoms with E-state index >= 15 is 0 Å². The number of nitrogens with zero attached hydrogens (tertiary/aromatic N) is 3. The lowest BCUT2D eigenvalue weighted by Crippen LogP contribution is -2.18. The van der Waals surface area contributed by atoms with Gasteiger partial charge in [-0.05, 0) is 53.6 Å². The minimum Gasteiger partial charge on any atom is -0.490 e. The molecule has 0 aliphatic carbocycles. The van der Waals surface area contributed by atoms with Gasteiger partial charge in [0, 0.05) is 34.8 Å². The van der Waals surface area contributed by atoms with Crippen LogP contribution in [0.3, 0.4) is 0 Å². The number of hydrogen-bond donors (Lipinski definition) is 1. The molecule has 1 N–H and O–H groups in total. The summed E-state index contributed by atoms with van der Waals surface area (Å²) in [5.41, 5.74) is 2.96. The summed E-state index contributed by atoms with van der Waals surface area (Å²) in [5, 5.41) is 13.0. The van der Waals surface area contributed by atoms with Crippen molar-refractivity contribution >= 4 is 43.2 Å². The molecule has 0 bridgehead atoms. The molecule has 0 atom stereocenters. The number of nitro groups is 1. The lowest BCUT2D eigenvalue weighted by atomic mass is 10.0. The van der Waals surface area contributed by atoms with Crippen LogP contribution in [0.1, 0.15) is 0 Å². The van der Waals surface area contributed by atoms with Gasteiger partial charge in [-0.2, -0.15) is 0 Å². The standard InChI is InChI=1S/C26H20N4O6S/c1-36-24-11-9-20(14-23(24)30(32)33)29-25(31)12-6-18-15-27-22-10-5-17(13-21(22)26(18)29)16-3-7-19(8-4-16)28-37(2,34)35/h3-15,28H,1-2H3. The predicted molar refractivity (Wildman–Crippen MR) is 142 cm³/mol. The van der Waals surface area contributed by atoms with Gasteiger partial charge in [0.2, 0.25) is 10.0 Å². The number of anilines is 1. The summed E-state index contributed by atoms with van der Waals surface area (Å²) in [4.78, 5) is 28.7. The molecule has 10 nitrogen and oxygen atoms in total. The summed E-state index contributed by atoms with van der Waals surface area (Å²) < 4.78 is 32.0. The van der Waals surface area contributed by atoms with Crippen molar-refractivity contribution in [2.75, 3.05) is 18.1 Å². The number of rotatable bonds is 6. The van der Waals surface area contributed by atoms with E-state index in [2.05, 4.69) is 9.71 Å². The highest BCUT2D eigenvalue weighted by Gasteiger charge is 2.18. The third-order valence-electron chi connectivity index (χ3n) is 5.86. The predicted octanol–water partition coefficient (Wildman–Crippen LogP) is 4.49. The zero-order chi connectivity index (χ0) is 26.3. The minimum absolute atomic E-state index is 0.0876. The third kappa shape index (κ3) is 4.59. The van der Waals surface area contributed by atoms with Gasteiger partial charge in [-0.25, -0.2) is 8.42 Å². The average Bonchev–Trinajstić information content (AvgIpc) is 2.87. The highest BCUT2D eigenvalue weighted by molar-refractivity contribution is 7.92. The van der Waals surface area contributed by atoms with Crippen molar-refractivity contribution in [1.82, 2.24) is 9.55 Å². The Morgan fingerprint density at radius 2 is 1.70 bits per heavy atom. The first-order chi connectivity index (χ1) is 17.6. The largest absolute Gasteiger partial charge is 0.490 e. The number of hydrogen-bond acceptors (Lipinski definition) is 7. The molecule has 5 aromatic rings. The molecule has 0 radical (unpaired) electrons. The van der Waals surface area contributed by atoms with Crippen molar-refractivity contribution in [1.29, 1.82) is 0 Å². The van der Waals surface area contributed by atoms with Crippen LogP contribution in [0.5, 0.6) is 5.75 Å². The average molecular weight is 517 g/mol. The van der Waals surface area contributed by atoms with Crippen LogP contribution < -0.4 is 15.0 Å². The van der Waals surface area contributed by atoms with E-state index in [-0.39, 0.29) is 17.0 Å². The fourth-order valence-corrected chi connectivity index (χ4v) is 4.82. The van der Waals surface area contributed by atoms with Crippen LogP contribution in [-0.4, -0.2) is 36.3 Å². The van der Waals surface area contributed by atoms with Gasteiger partial charge >= 0.3 is 5.69 Å². The monoisotopic (exact) mass is 516 g/mol. The Morgan fingerprint density at radius 3 is 2.38 bits per heavy atom. The van der Waals surface area contributed by atoms with E-state index in [9.17, 15) is 23.3 Å². The van der Waals surface area contributed by atoms with Gasteiger partial charge in [0.1, 0.15) is 0 Å². The number of ether oxygens (including phenoxy) is 1. The molecule has 0 amide bonds. The lowest BCUT2D eigenvalue weighted by molar-refractivity contribution is -0.385. The fourth-order valence-electron chi connectivity index (χ4n) is 4.25. The normalized spacial score (nSPS) is 11.5. The molecule has 5 rings (SSSR count). The molecule has 0 spiro atoms. The van der Waals surface area contributed by atoms with Crippen LogP contribution in [-0.2, 0) is 10.0 Å². The van der Waals surface area contributed by atoms with Gasteiger partial charge < -0.3 is 4.74 Å². The first kappa shape index (κ1) is 23.9. The summed E-state index contributed by atoms with van der Waals surface area (Å²) in [5.74, 6) is 0.0876. The van der Waals surface area contributed by atoms with E-state index in [0.717, 1.165) is 17.4 Å². The van der Waals surface area contributed by atoms with E-state index < -0.39 is 14.9 Å². The summed E-state index contributed by atoms with van der Waals surface area (Å²) in [7, 11) is -2.05. The summed E-state index contributed by atoms with van der Waals surface area (Å²) in [6.45, 7) is 0. The topological polar surface area (TPSA) is 133 Å². The first-order valence-electron chi connectivity index (χ1n) is 11.0. The van der Waals surface area contributed by atoms with Gasteiger partial charge in [-0.3, -0.25) is 29.2 Å². The van der Waals surface area contributed by atoms with E-state index in [0.29, 0.717) is 33.2 Å². The second kappa shape index (κ2) is 9.03. The van der Waals surface area contributed by atoms with Crippen molar-refractivity contribution in [3.05, 3.63) is 99.5 Å². The van der Waals surface area contributed by atoms with Crippen molar-refractivity contribution in [2.24, 2.45) is 0 Å². The van der Waals surface area contributed by atoms with Crippen molar-refractivity contribution in [3.8, 4) is 22.6 Å². The Balaban J connectivity index is 1.73. The van der Waals surface area contributed by atoms with Crippen LogP contribution in [0.15, 0.2) is 83.8 Å². The summed E-state index contributed by atoms with van der Waals surface area (Å²) in [6.07, 6.45) is 2.73. The maximum absolute atomic E-state index is 13.1. The molecular formula is C26H20N4O6S. The maximum atomic E-state index is 13.1. The fraction of sp³-hybridized carbons (Fsp3) is 0.0769. The Labute approximate surface area is 211 Å². The molecule has 0 saturated carbocycles. The minimum atomic E-state index is -3.40. The van der Waals surface area contributed by atoms with E-state index in [4.69, 9.17) is 4.74 Å². The number of methoxy groups -OCH3 is 1. The Kier molecular flexibility index (Phi) is 5.84. The number of pyridine rings is 2. The Morgan fingerprint density at radius 1 is 0.973 bits per heavy atom. The highest BCUT2D eigenvalue weighted by Crippen LogP contribution is 2.33. The van der Waals surface area contributed by atoms with E-state index in [1.54, 1.807) is 42.6 Å². The van der Waals surface area contributed by atoms with Crippen molar-refractivity contribution < 1.29 is 18.1 Å². The quantitative estimate of drug-likeness (QED) is 0.200. The molecule has 0 aliphatic heterocycles. The smallest absolute Gasteiger partial charge is 0.313 e. The molecule has 0 saturated heterocycles. The van der Waals surface area contributed by atoms with Gasteiger partial charge in [0.15, 0.2) is 5.75 Å². The third-order valence-corrected chi connectivity index (χ3v) is 6.46. The number of benzene rings is 3. The van der Waals surface area contributed by atoms with Gasteiger partial charge in [0.25, 0.3) is 5.56 Å². The molecule has 2 heterocycles. The number of nitro benzene ring substituents is 1. The Hall–Kier alpha value is -4.77. The molecule has 0 fully saturated rings. The van der Waals surface area contributed by atoms with Crippen molar-refractivity contribution in [2.45, 2.75) is 0 Å². The van der Waals surface area contributed by atoms with Crippen LogP contribution in [0.2, 0.25) is 0 Å². The van der Waals surface area contributed by atoms with Crippen LogP contribution in [0, 0.1) is 10.1 Å². The molecule has 0 aliphatic rings. The lowest BCUT2D eigenvalue weighted by Gasteiger charge is -2.14. The van der Waals surface area contributed by atoms with Crippen LogP contribution >= 0.6 is 0 Å². The van der Waals surface area contributed by atoms with Crippen molar-refractivity contribution in [3.63, 3.8) is 0 Å². The zero-order valence-corrected chi connectivity index (χ0v) is 20.5. The van der Waals surface area contributed by atoms with Gasteiger partial charge in [-0.15, -0.1) is 0 Å². The molecule has 186 valence electrons. The molecule has 3 aromatic carbocycles. The number of nitrogens with one attached hydrogen (secondary N) is 1. The molecule has 0 unspecified atom stereocenters. The Bertz CT molecular complexity index is 1870. The SMILES string of the molecule is COc1ccc(-n2c(=O)ccc3cnc4ccc(-c5ccc(NS(C)(=O)=O)cc5)cc4c32)cc1[N+](=O)[O-]. The second-order valence-corrected chi connectivity index (χ2v) is 10.1. The van der Waals surface area contributed by atoms with Crippen LogP contribution in [0.25, 0.3) is 38.6 Å².